The zero-order valence-corrected chi connectivity index (χ0v) is 45.5. The highest BCUT2D eigenvalue weighted by Gasteiger charge is 2.37. The summed E-state index contributed by atoms with van der Waals surface area (Å²) < 4.78 is 6.22. The summed E-state index contributed by atoms with van der Waals surface area (Å²) >= 11 is 0. The molecule has 1 heterocycles. The van der Waals surface area contributed by atoms with Crippen LogP contribution in [0.15, 0.2) is 296 Å². The van der Waals surface area contributed by atoms with Crippen molar-refractivity contribution >= 4 is 99.2 Å². The molecule has 1 aliphatic rings. The lowest BCUT2D eigenvalue weighted by Gasteiger charge is -2.29. The smallest absolute Gasteiger partial charge is 0.135 e. The van der Waals surface area contributed by atoms with Gasteiger partial charge in [0.1, 0.15) is 11.2 Å². The van der Waals surface area contributed by atoms with E-state index in [4.69, 9.17) is 4.42 Å². The SMILES string of the molecule is CC1(C)c2cc(N(c3ccccc3)c3ccccc3)ccc2-c2ccc(N(c3ccc(-c4ccc5c6ccccc6c6ccccc6c5c4)cc3)c3ccc(-c4ccc(-c5ccc6oc7ccccc7c6c5)c5ccccc45)cc3)cc21. The lowest BCUT2D eigenvalue weighted by Crippen LogP contribution is -2.17. The van der Waals surface area contributed by atoms with Gasteiger partial charge in [0.25, 0.3) is 0 Å². The summed E-state index contributed by atoms with van der Waals surface area (Å²) in [6.07, 6.45) is 0. The van der Waals surface area contributed by atoms with Crippen LogP contribution in [0.25, 0.3) is 110 Å². The van der Waals surface area contributed by atoms with Crippen molar-refractivity contribution in [2.45, 2.75) is 19.3 Å². The molecule has 0 bridgehead atoms. The Morgan fingerprint density at radius 2 is 0.598 bits per heavy atom. The molecule has 0 saturated heterocycles. The topological polar surface area (TPSA) is 19.6 Å². The van der Waals surface area contributed by atoms with E-state index in [0.29, 0.717) is 0 Å². The second-order valence-corrected chi connectivity index (χ2v) is 22.4. The fourth-order valence-corrected chi connectivity index (χ4v) is 13.4. The number of hydrogen-bond acceptors (Lipinski definition) is 3. The molecule has 1 aromatic heterocycles. The molecule has 0 unspecified atom stereocenters. The number of nitrogens with zero attached hydrogens (tertiary/aromatic N) is 2. The van der Waals surface area contributed by atoms with Gasteiger partial charge in [0.2, 0.25) is 0 Å². The fourth-order valence-electron chi connectivity index (χ4n) is 13.4. The molecule has 1 aliphatic carbocycles. The van der Waals surface area contributed by atoms with E-state index < -0.39 is 0 Å². The number of para-hydroxylation sites is 3. The molecule has 0 fully saturated rings. The number of hydrogen-bond donors (Lipinski definition) is 0. The number of anilines is 6. The van der Waals surface area contributed by atoms with E-state index in [1.54, 1.807) is 0 Å². The molecule has 0 spiro atoms. The van der Waals surface area contributed by atoms with Gasteiger partial charge in [-0.25, -0.2) is 0 Å². The number of rotatable bonds is 9. The van der Waals surface area contributed by atoms with Crippen molar-refractivity contribution in [3.8, 4) is 44.5 Å². The minimum Gasteiger partial charge on any atom is -0.456 e. The van der Waals surface area contributed by atoms with Crippen LogP contribution in [0.1, 0.15) is 25.0 Å². The Labute approximate surface area is 476 Å². The first-order chi connectivity index (χ1) is 40.4. The first-order valence-corrected chi connectivity index (χ1v) is 28.4. The largest absolute Gasteiger partial charge is 0.456 e. The van der Waals surface area contributed by atoms with Crippen molar-refractivity contribution in [1.29, 1.82) is 0 Å². The van der Waals surface area contributed by atoms with E-state index in [-0.39, 0.29) is 5.41 Å². The molecule has 0 aliphatic heterocycles. The van der Waals surface area contributed by atoms with Crippen LogP contribution in [-0.2, 0) is 5.41 Å². The van der Waals surface area contributed by atoms with Crippen LogP contribution in [-0.4, -0.2) is 0 Å². The molecule has 15 aromatic rings. The molecule has 0 N–H and O–H groups in total. The van der Waals surface area contributed by atoms with Gasteiger partial charge in [0, 0.05) is 50.3 Å². The summed E-state index contributed by atoms with van der Waals surface area (Å²) in [5.41, 5.74) is 20.5. The minimum absolute atomic E-state index is 0.286. The van der Waals surface area contributed by atoms with Gasteiger partial charge in [-0.15, -0.1) is 0 Å². The number of fused-ring (bicyclic) bond motifs is 13. The third kappa shape index (κ3) is 7.65. The maximum absolute atomic E-state index is 6.22. The second-order valence-electron chi connectivity index (χ2n) is 22.4. The maximum Gasteiger partial charge on any atom is 0.135 e. The highest BCUT2D eigenvalue weighted by atomic mass is 16.3. The number of benzene rings is 14. The Hall–Kier alpha value is -10.5. The van der Waals surface area contributed by atoms with Gasteiger partial charge in [-0.2, -0.15) is 0 Å². The Balaban J connectivity index is 0.796. The normalized spacial score (nSPS) is 12.6. The van der Waals surface area contributed by atoms with Crippen LogP contribution < -0.4 is 9.80 Å². The van der Waals surface area contributed by atoms with Crippen molar-refractivity contribution in [1.82, 2.24) is 0 Å². The van der Waals surface area contributed by atoms with E-state index in [9.17, 15) is 0 Å². The van der Waals surface area contributed by atoms with E-state index in [2.05, 4.69) is 303 Å². The van der Waals surface area contributed by atoms with E-state index >= 15 is 0 Å². The molecule has 3 heteroatoms. The van der Waals surface area contributed by atoms with Gasteiger partial charge in [-0.05, 0) is 196 Å². The van der Waals surface area contributed by atoms with Gasteiger partial charge in [0.05, 0.1) is 0 Å². The van der Waals surface area contributed by atoms with Crippen molar-refractivity contribution in [3.63, 3.8) is 0 Å². The van der Waals surface area contributed by atoms with Crippen LogP contribution in [0.3, 0.4) is 0 Å². The van der Waals surface area contributed by atoms with Gasteiger partial charge < -0.3 is 14.2 Å². The Bertz CT molecular complexity index is 4920. The first-order valence-electron chi connectivity index (χ1n) is 28.4. The van der Waals surface area contributed by atoms with E-state index in [0.717, 1.165) is 61.6 Å². The van der Waals surface area contributed by atoms with E-state index in [1.165, 1.54) is 93.2 Å². The summed E-state index contributed by atoms with van der Waals surface area (Å²) in [5.74, 6) is 0. The Kier molecular flexibility index (Phi) is 10.9. The molecule has 0 amide bonds. The standard InChI is InChI=1S/C79H54N2O/c1-79(2)75-49-59(80(55-17-5-3-6-18-55)56-19-7-4-8-20-56)39-42-70(75)71-43-40-60(50-76(71)79)81(57-35-29-51(30-36-57)53-33-41-69-67-25-12-11-23-65(67)66-24-13-14-26-68(66)73(69)47-53)58-37-31-52(32-38-58)61-44-45-62(64-22-10-9-21-63(61)64)54-34-46-78-74(48-54)72-27-15-16-28-77(72)82-78/h3-50H,1-2H3. The average molecular weight is 1050 g/mol. The molecule has 0 atom stereocenters. The number of furan rings is 1. The molecule has 0 radical (unpaired) electrons. The van der Waals surface area contributed by atoms with Crippen molar-refractivity contribution in [3.05, 3.63) is 302 Å². The third-order valence-electron chi connectivity index (χ3n) is 17.4. The quantitative estimate of drug-likeness (QED) is 0.134. The highest BCUT2D eigenvalue weighted by molar-refractivity contribution is 6.26. The van der Waals surface area contributed by atoms with Crippen molar-refractivity contribution in [2.75, 3.05) is 9.80 Å². The zero-order valence-electron chi connectivity index (χ0n) is 45.5. The average Bonchev–Trinajstić information content (AvgIpc) is 4.18. The maximum atomic E-state index is 6.22. The highest BCUT2D eigenvalue weighted by Crippen LogP contribution is 2.53. The van der Waals surface area contributed by atoms with Crippen LogP contribution in [0.5, 0.6) is 0 Å². The zero-order chi connectivity index (χ0) is 54.5. The van der Waals surface area contributed by atoms with Crippen molar-refractivity contribution in [2.24, 2.45) is 0 Å². The van der Waals surface area contributed by atoms with Crippen molar-refractivity contribution < 1.29 is 4.42 Å². The lowest BCUT2D eigenvalue weighted by atomic mass is 9.82. The van der Waals surface area contributed by atoms with Crippen LogP contribution >= 0.6 is 0 Å². The summed E-state index contributed by atoms with van der Waals surface area (Å²) in [6.45, 7) is 4.77. The minimum atomic E-state index is -0.286. The van der Waals surface area contributed by atoms with Crippen LogP contribution in [0, 0.1) is 0 Å². The first kappa shape index (κ1) is 47.5. The molecule has 82 heavy (non-hydrogen) atoms. The predicted molar refractivity (Wildman–Crippen MR) is 347 cm³/mol. The summed E-state index contributed by atoms with van der Waals surface area (Å²) in [6, 6.07) is 107. The Morgan fingerprint density at radius 3 is 1.15 bits per heavy atom. The molecule has 3 nitrogen and oxygen atoms in total. The third-order valence-corrected chi connectivity index (χ3v) is 17.4. The summed E-state index contributed by atoms with van der Waals surface area (Å²) in [5, 5.41) is 12.4. The molecular formula is C79H54N2O. The Morgan fingerprint density at radius 1 is 0.232 bits per heavy atom. The van der Waals surface area contributed by atoms with Gasteiger partial charge in [0.15, 0.2) is 0 Å². The van der Waals surface area contributed by atoms with Crippen LogP contribution in [0.2, 0.25) is 0 Å². The predicted octanol–water partition coefficient (Wildman–Crippen LogP) is 22.4. The van der Waals surface area contributed by atoms with Gasteiger partial charge >= 0.3 is 0 Å². The lowest BCUT2D eigenvalue weighted by molar-refractivity contribution is 0.660. The molecular weight excluding hydrogens is 993 g/mol. The molecule has 16 rings (SSSR count). The summed E-state index contributed by atoms with van der Waals surface area (Å²) in [4.78, 5) is 4.80. The fraction of sp³-hybridized carbons (Fsp3) is 0.0380. The monoisotopic (exact) mass is 1050 g/mol. The second kappa shape index (κ2) is 18.8. The van der Waals surface area contributed by atoms with Gasteiger partial charge in [-0.3, -0.25) is 0 Å². The molecule has 14 aromatic carbocycles. The summed E-state index contributed by atoms with van der Waals surface area (Å²) in [7, 11) is 0. The van der Waals surface area contributed by atoms with Crippen LogP contribution in [0.4, 0.5) is 34.1 Å². The molecule has 0 saturated carbocycles. The van der Waals surface area contributed by atoms with Gasteiger partial charge in [-0.1, -0.05) is 208 Å². The van der Waals surface area contributed by atoms with E-state index in [1.807, 2.05) is 12.1 Å². The molecule has 386 valence electrons.